The minimum atomic E-state index is -0.0255. The standard InChI is InChI=1S/C13H23N3O2/c1-11(2)15(8-9-17)6-3-7-16-10-12(14)4-5-13(16)18/h4-5,10-11,17H,3,6-9,14H2,1-2H3. The predicted molar refractivity (Wildman–Crippen MR) is 73.5 cm³/mol. The van der Waals surface area contributed by atoms with E-state index in [1.807, 2.05) is 0 Å². The number of aliphatic hydroxyl groups is 1. The first-order chi connectivity index (χ1) is 8.54. The molecule has 0 saturated heterocycles. The van der Waals surface area contributed by atoms with Gasteiger partial charge in [0.25, 0.3) is 5.56 Å². The Morgan fingerprint density at radius 1 is 1.39 bits per heavy atom. The third-order valence-electron chi connectivity index (χ3n) is 2.97. The molecule has 1 aromatic heterocycles. The number of rotatable bonds is 7. The second kappa shape index (κ2) is 7.18. The van der Waals surface area contributed by atoms with Crippen LogP contribution in [0.15, 0.2) is 23.1 Å². The Labute approximate surface area is 108 Å². The third kappa shape index (κ3) is 4.50. The first kappa shape index (κ1) is 14.7. The van der Waals surface area contributed by atoms with E-state index in [4.69, 9.17) is 10.8 Å². The lowest BCUT2D eigenvalue weighted by atomic mass is 10.2. The van der Waals surface area contributed by atoms with Crippen molar-refractivity contribution in [3.8, 4) is 0 Å². The SMILES string of the molecule is CC(C)N(CCO)CCCn1cc(N)ccc1=O. The zero-order chi connectivity index (χ0) is 13.5. The van der Waals surface area contributed by atoms with Crippen molar-refractivity contribution >= 4 is 5.69 Å². The summed E-state index contributed by atoms with van der Waals surface area (Å²) in [6.07, 6.45) is 2.54. The summed E-state index contributed by atoms with van der Waals surface area (Å²) in [5.74, 6) is 0. The fraction of sp³-hybridized carbons (Fsp3) is 0.615. The molecule has 0 saturated carbocycles. The lowest BCUT2D eigenvalue weighted by Gasteiger charge is -2.25. The smallest absolute Gasteiger partial charge is 0.250 e. The van der Waals surface area contributed by atoms with Crippen LogP contribution in [-0.2, 0) is 6.54 Å². The van der Waals surface area contributed by atoms with E-state index in [1.54, 1.807) is 16.8 Å². The van der Waals surface area contributed by atoms with Gasteiger partial charge in [-0.3, -0.25) is 9.69 Å². The van der Waals surface area contributed by atoms with Gasteiger partial charge in [-0.2, -0.15) is 0 Å². The van der Waals surface area contributed by atoms with E-state index in [1.165, 1.54) is 6.07 Å². The quantitative estimate of drug-likeness (QED) is 0.743. The van der Waals surface area contributed by atoms with Gasteiger partial charge in [0.05, 0.1) is 6.61 Å². The minimum absolute atomic E-state index is 0.0255. The van der Waals surface area contributed by atoms with Crippen LogP contribution in [0.5, 0.6) is 0 Å². The summed E-state index contributed by atoms with van der Waals surface area (Å²) < 4.78 is 1.63. The van der Waals surface area contributed by atoms with Gasteiger partial charge < -0.3 is 15.4 Å². The monoisotopic (exact) mass is 253 g/mol. The second-order valence-corrected chi connectivity index (χ2v) is 4.70. The van der Waals surface area contributed by atoms with E-state index in [0.29, 0.717) is 24.8 Å². The molecule has 0 amide bonds. The number of pyridine rings is 1. The summed E-state index contributed by atoms with van der Waals surface area (Å²) in [4.78, 5) is 13.8. The average molecular weight is 253 g/mol. The van der Waals surface area contributed by atoms with Gasteiger partial charge in [0.1, 0.15) is 0 Å². The topological polar surface area (TPSA) is 71.5 Å². The van der Waals surface area contributed by atoms with Crippen LogP contribution in [0.25, 0.3) is 0 Å². The van der Waals surface area contributed by atoms with Gasteiger partial charge in [-0.1, -0.05) is 0 Å². The molecule has 0 bridgehead atoms. The molecule has 0 fully saturated rings. The minimum Gasteiger partial charge on any atom is -0.398 e. The summed E-state index contributed by atoms with van der Waals surface area (Å²) in [7, 11) is 0. The molecule has 18 heavy (non-hydrogen) atoms. The lowest BCUT2D eigenvalue weighted by Crippen LogP contribution is -2.35. The van der Waals surface area contributed by atoms with Crippen molar-refractivity contribution in [2.24, 2.45) is 0 Å². The third-order valence-corrected chi connectivity index (χ3v) is 2.97. The molecule has 0 aliphatic carbocycles. The summed E-state index contributed by atoms with van der Waals surface area (Å²) >= 11 is 0. The number of hydrogen-bond donors (Lipinski definition) is 2. The number of hydrogen-bond acceptors (Lipinski definition) is 4. The molecule has 0 aliphatic rings. The Kier molecular flexibility index (Phi) is 5.88. The van der Waals surface area contributed by atoms with Crippen LogP contribution in [0.2, 0.25) is 0 Å². The largest absolute Gasteiger partial charge is 0.398 e. The molecular formula is C13H23N3O2. The van der Waals surface area contributed by atoms with Gasteiger partial charge in [-0.05, 0) is 26.3 Å². The van der Waals surface area contributed by atoms with Crippen LogP contribution in [0.4, 0.5) is 5.69 Å². The van der Waals surface area contributed by atoms with Crippen molar-refractivity contribution in [1.29, 1.82) is 0 Å². The maximum atomic E-state index is 11.6. The highest BCUT2D eigenvalue weighted by molar-refractivity contribution is 5.33. The number of nitrogens with two attached hydrogens (primary N) is 1. The molecule has 0 aliphatic heterocycles. The van der Waals surface area contributed by atoms with Crippen molar-refractivity contribution in [2.75, 3.05) is 25.4 Å². The number of nitrogens with zero attached hydrogens (tertiary/aromatic N) is 2. The molecule has 3 N–H and O–H groups in total. The molecular weight excluding hydrogens is 230 g/mol. The predicted octanol–water partition coefficient (Wildman–Crippen LogP) is 0.523. The van der Waals surface area contributed by atoms with Gasteiger partial charge >= 0.3 is 0 Å². The zero-order valence-corrected chi connectivity index (χ0v) is 11.2. The molecule has 1 aromatic rings. The summed E-state index contributed by atoms with van der Waals surface area (Å²) in [6, 6.07) is 3.50. The van der Waals surface area contributed by atoms with Crippen LogP contribution < -0.4 is 11.3 Å². The summed E-state index contributed by atoms with van der Waals surface area (Å²) in [5.41, 5.74) is 6.23. The van der Waals surface area contributed by atoms with Gasteiger partial charge in [0.15, 0.2) is 0 Å². The van der Waals surface area contributed by atoms with Crippen LogP contribution in [0.1, 0.15) is 20.3 Å². The number of nitrogen functional groups attached to an aromatic ring is 1. The highest BCUT2D eigenvalue weighted by atomic mass is 16.3. The maximum absolute atomic E-state index is 11.6. The van der Waals surface area contributed by atoms with Crippen LogP contribution in [-0.4, -0.2) is 40.3 Å². The maximum Gasteiger partial charge on any atom is 0.250 e. The second-order valence-electron chi connectivity index (χ2n) is 4.70. The first-order valence-corrected chi connectivity index (χ1v) is 6.35. The van der Waals surface area contributed by atoms with E-state index in [-0.39, 0.29) is 12.2 Å². The van der Waals surface area contributed by atoms with Crippen molar-refractivity contribution in [2.45, 2.75) is 32.9 Å². The Hall–Kier alpha value is -1.33. The van der Waals surface area contributed by atoms with Gasteiger partial charge in [0, 0.05) is 43.6 Å². The Bertz CT molecular complexity index is 415. The van der Waals surface area contributed by atoms with Crippen LogP contribution in [0, 0.1) is 0 Å². The van der Waals surface area contributed by atoms with Gasteiger partial charge in [-0.25, -0.2) is 0 Å². The Morgan fingerprint density at radius 2 is 2.11 bits per heavy atom. The number of aromatic nitrogens is 1. The zero-order valence-electron chi connectivity index (χ0n) is 11.2. The van der Waals surface area contributed by atoms with Crippen LogP contribution in [0.3, 0.4) is 0 Å². The molecule has 0 aromatic carbocycles. The Balaban J connectivity index is 2.49. The molecule has 5 nitrogen and oxygen atoms in total. The fourth-order valence-electron chi connectivity index (χ4n) is 1.93. The number of aliphatic hydroxyl groups excluding tert-OH is 1. The van der Waals surface area contributed by atoms with E-state index in [9.17, 15) is 4.79 Å². The molecule has 102 valence electrons. The van der Waals surface area contributed by atoms with Crippen molar-refractivity contribution < 1.29 is 5.11 Å². The molecule has 0 radical (unpaired) electrons. The van der Waals surface area contributed by atoms with Gasteiger partial charge in [-0.15, -0.1) is 0 Å². The molecule has 0 atom stereocenters. The highest BCUT2D eigenvalue weighted by Gasteiger charge is 2.08. The molecule has 0 unspecified atom stereocenters. The summed E-state index contributed by atoms with van der Waals surface area (Å²) in [5, 5.41) is 8.97. The highest BCUT2D eigenvalue weighted by Crippen LogP contribution is 2.01. The Morgan fingerprint density at radius 3 is 2.72 bits per heavy atom. The molecule has 5 heteroatoms. The molecule has 0 spiro atoms. The van der Waals surface area contributed by atoms with E-state index >= 15 is 0 Å². The molecule has 1 heterocycles. The van der Waals surface area contributed by atoms with Crippen LogP contribution >= 0.6 is 0 Å². The van der Waals surface area contributed by atoms with E-state index in [0.717, 1.165) is 13.0 Å². The average Bonchev–Trinajstić information content (AvgIpc) is 2.32. The lowest BCUT2D eigenvalue weighted by molar-refractivity contribution is 0.162. The number of aryl methyl sites for hydroxylation is 1. The van der Waals surface area contributed by atoms with Crippen molar-refractivity contribution in [3.63, 3.8) is 0 Å². The first-order valence-electron chi connectivity index (χ1n) is 6.35. The normalized spacial score (nSPS) is 11.4. The van der Waals surface area contributed by atoms with Crippen molar-refractivity contribution in [3.05, 3.63) is 28.7 Å². The number of anilines is 1. The van der Waals surface area contributed by atoms with Gasteiger partial charge in [0.2, 0.25) is 0 Å². The molecule has 1 rings (SSSR count). The fourth-order valence-corrected chi connectivity index (χ4v) is 1.93. The van der Waals surface area contributed by atoms with Crippen molar-refractivity contribution in [1.82, 2.24) is 9.47 Å². The summed E-state index contributed by atoms with van der Waals surface area (Å²) in [6.45, 7) is 6.54. The van der Waals surface area contributed by atoms with E-state index in [2.05, 4.69) is 18.7 Å². The van der Waals surface area contributed by atoms with E-state index < -0.39 is 0 Å².